The molecule has 0 amide bonds. The molecule has 0 atom stereocenters. The van der Waals surface area contributed by atoms with Gasteiger partial charge in [-0.3, -0.25) is 0 Å². The molecule has 1 aliphatic carbocycles. The lowest BCUT2D eigenvalue weighted by molar-refractivity contribution is 0.228. The van der Waals surface area contributed by atoms with Crippen molar-refractivity contribution in [2.24, 2.45) is 5.73 Å². The Balaban J connectivity index is 1.95. The summed E-state index contributed by atoms with van der Waals surface area (Å²) in [5.74, 6) is 0.752. The number of hydrogen-bond donors (Lipinski definition) is 1. The zero-order chi connectivity index (χ0) is 14.4. The van der Waals surface area contributed by atoms with Gasteiger partial charge in [-0.2, -0.15) is 4.98 Å². The second kappa shape index (κ2) is 4.38. The highest BCUT2D eigenvalue weighted by atomic mass is 19.1. The van der Waals surface area contributed by atoms with Gasteiger partial charge in [0.15, 0.2) is 5.82 Å². The molecule has 0 aliphatic heterocycles. The van der Waals surface area contributed by atoms with E-state index in [2.05, 4.69) is 10.1 Å². The van der Waals surface area contributed by atoms with Gasteiger partial charge >= 0.3 is 0 Å². The van der Waals surface area contributed by atoms with Crippen LogP contribution in [0.2, 0.25) is 0 Å². The molecule has 2 N–H and O–H groups in total. The van der Waals surface area contributed by atoms with E-state index in [0.717, 1.165) is 24.8 Å². The van der Waals surface area contributed by atoms with Crippen LogP contribution in [-0.2, 0) is 11.0 Å². The molecule has 3 rings (SSSR count). The molecular weight excluding hydrogens is 257 g/mol. The van der Waals surface area contributed by atoms with Crippen molar-refractivity contribution in [2.75, 3.05) is 0 Å². The summed E-state index contributed by atoms with van der Waals surface area (Å²) in [5.41, 5.74) is 6.00. The van der Waals surface area contributed by atoms with Crippen molar-refractivity contribution < 1.29 is 8.91 Å². The summed E-state index contributed by atoms with van der Waals surface area (Å²) in [6, 6.07) is 6.45. The Morgan fingerprint density at radius 1 is 1.35 bits per heavy atom. The Bertz CT molecular complexity index is 632. The van der Waals surface area contributed by atoms with Crippen LogP contribution in [0.25, 0.3) is 0 Å². The smallest absolute Gasteiger partial charge is 0.236 e. The number of rotatable bonds is 3. The average molecular weight is 275 g/mol. The van der Waals surface area contributed by atoms with Crippen molar-refractivity contribution in [1.82, 2.24) is 10.1 Å². The number of aromatic nitrogens is 2. The molecule has 1 aromatic carbocycles. The maximum atomic E-state index is 13.4. The van der Waals surface area contributed by atoms with Gasteiger partial charge in [-0.05, 0) is 50.8 Å². The minimum absolute atomic E-state index is 0.274. The van der Waals surface area contributed by atoms with Crippen molar-refractivity contribution in [3.63, 3.8) is 0 Å². The van der Waals surface area contributed by atoms with E-state index in [0.29, 0.717) is 11.7 Å². The molecule has 1 aromatic heterocycles. The highest BCUT2D eigenvalue weighted by Gasteiger charge is 2.40. The maximum Gasteiger partial charge on any atom is 0.236 e. The molecule has 0 unspecified atom stereocenters. The van der Waals surface area contributed by atoms with Crippen LogP contribution in [0, 0.1) is 5.82 Å². The van der Waals surface area contributed by atoms with Crippen molar-refractivity contribution in [2.45, 2.75) is 44.1 Å². The van der Waals surface area contributed by atoms with Gasteiger partial charge in [0.2, 0.25) is 5.89 Å². The topological polar surface area (TPSA) is 64.9 Å². The van der Waals surface area contributed by atoms with Gasteiger partial charge in [0.1, 0.15) is 5.82 Å². The zero-order valence-electron chi connectivity index (χ0n) is 11.7. The summed E-state index contributed by atoms with van der Waals surface area (Å²) in [4.78, 5) is 4.46. The van der Waals surface area contributed by atoms with E-state index in [1.54, 1.807) is 6.07 Å². The lowest BCUT2D eigenvalue weighted by Crippen LogP contribution is -2.44. The lowest BCUT2D eigenvalue weighted by atomic mass is 9.77. The SMILES string of the molecule is CC(C)(c1cccc(F)c1)c1nc(C2(N)CCC2)no1. The fourth-order valence-electron chi connectivity index (χ4n) is 2.46. The third kappa shape index (κ3) is 2.02. The number of benzene rings is 1. The summed E-state index contributed by atoms with van der Waals surface area (Å²) >= 11 is 0. The van der Waals surface area contributed by atoms with Gasteiger partial charge in [-0.15, -0.1) is 0 Å². The summed E-state index contributed by atoms with van der Waals surface area (Å²) in [6.45, 7) is 3.87. The van der Waals surface area contributed by atoms with E-state index >= 15 is 0 Å². The van der Waals surface area contributed by atoms with E-state index in [-0.39, 0.29) is 5.82 Å². The third-order valence-electron chi connectivity index (χ3n) is 4.20. The Morgan fingerprint density at radius 3 is 2.70 bits per heavy atom. The summed E-state index contributed by atoms with van der Waals surface area (Å²) < 4.78 is 18.8. The fraction of sp³-hybridized carbons (Fsp3) is 0.467. The monoisotopic (exact) mass is 275 g/mol. The standard InChI is InChI=1S/C15H18FN3O/c1-14(2,10-5-3-6-11(16)9-10)13-18-12(19-20-13)15(17)7-4-8-15/h3,5-6,9H,4,7-8,17H2,1-2H3. The molecule has 0 bridgehead atoms. The van der Waals surface area contributed by atoms with Crippen molar-refractivity contribution in [3.05, 3.63) is 47.4 Å². The van der Waals surface area contributed by atoms with Gasteiger partial charge in [0.05, 0.1) is 11.0 Å². The van der Waals surface area contributed by atoms with Crippen molar-refractivity contribution in [3.8, 4) is 0 Å². The average Bonchev–Trinajstić information content (AvgIpc) is 2.86. The Labute approximate surface area is 117 Å². The van der Waals surface area contributed by atoms with Crippen LogP contribution >= 0.6 is 0 Å². The molecule has 0 radical (unpaired) electrons. The molecular formula is C15H18FN3O. The summed E-state index contributed by atoms with van der Waals surface area (Å²) in [5, 5.41) is 4.02. The van der Waals surface area contributed by atoms with Gasteiger partial charge in [-0.25, -0.2) is 4.39 Å². The van der Waals surface area contributed by atoms with E-state index < -0.39 is 11.0 Å². The summed E-state index contributed by atoms with van der Waals surface area (Å²) in [7, 11) is 0. The molecule has 4 nitrogen and oxygen atoms in total. The zero-order valence-corrected chi connectivity index (χ0v) is 11.7. The molecule has 1 heterocycles. The van der Waals surface area contributed by atoms with Gasteiger partial charge in [0.25, 0.3) is 0 Å². The third-order valence-corrected chi connectivity index (χ3v) is 4.20. The number of nitrogens with two attached hydrogens (primary N) is 1. The molecule has 20 heavy (non-hydrogen) atoms. The second-order valence-electron chi connectivity index (χ2n) is 6.07. The van der Waals surface area contributed by atoms with E-state index in [9.17, 15) is 4.39 Å². The maximum absolute atomic E-state index is 13.4. The molecule has 1 saturated carbocycles. The molecule has 0 saturated heterocycles. The minimum atomic E-state index is -0.548. The van der Waals surface area contributed by atoms with Crippen molar-refractivity contribution >= 4 is 0 Å². The molecule has 2 aromatic rings. The van der Waals surface area contributed by atoms with Crippen LogP contribution in [0.15, 0.2) is 28.8 Å². The number of halogens is 1. The number of nitrogens with zero attached hydrogens (tertiary/aromatic N) is 2. The van der Waals surface area contributed by atoms with Gasteiger partial charge in [-0.1, -0.05) is 17.3 Å². The summed E-state index contributed by atoms with van der Waals surface area (Å²) in [6.07, 6.45) is 2.85. The van der Waals surface area contributed by atoms with Crippen LogP contribution in [0.5, 0.6) is 0 Å². The van der Waals surface area contributed by atoms with E-state index in [4.69, 9.17) is 10.3 Å². The van der Waals surface area contributed by atoms with Crippen LogP contribution < -0.4 is 5.73 Å². The highest BCUT2D eigenvalue weighted by molar-refractivity contribution is 5.30. The first-order valence-corrected chi connectivity index (χ1v) is 6.81. The molecule has 0 spiro atoms. The second-order valence-corrected chi connectivity index (χ2v) is 6.07. The molecule has 1 fully saturated rings. The largest absolute Gasteiger partial charge is 0.338 e. The number of hydrogen-bond acceptors (Lipinski definition) is 4. The predicted octanol–water partition coefficient (Wildman–Crippen LogP) is 2.87. The van der Waals surface area contributed by atoms with Crippen LogP contribution in [0.1, 0.15) is 50.4 Å². The predicted molar refractivity (Wildman–Crippen MR) is 72.5 cm³/mol. The Morgan fingerprint density at radius 2 is 2.10 bits per heavy atom. The minimum Gasteiger partial charge on any atom is -0.338 e. The van der Waals surface area contributed by atoms with Gasteiger partial charge in [0, 0.05) is 0 Å². The Hall–Kier alpha value is -1.75. The quantitative estimate of drug-likeness (QED) is 0.935. The Kier molecular flexibility index (Phi) is 2.90. The fourth-order valence-corrected chi connectivity index (χ4v) is 2.46. The van der Waals surface area contributed by atoms with Crippen LogP contribution in [0.4, 0.5) is 4.39 Å². The highest BCUT2D eigenvalue weighted by Crippen LogP contribution is 2.38. The molecule has 106 valence electrons. The van der Waals surface area contributed by atoms with Crippen LogP contribution in [-0.4, -0.2) is 10.1 Å². The molecule has 5 heteroatoms. The first-order chi connectivity index (χ1) is 9.42. The normalized spacial score (nSPS) is 17.8. The first-order valence-electron chi connectivity index (χ1n) is 6.81. The van der Waals surface area contributed by atoms with Crippen LogP contribution in [0.3, 0.4) is 0 Å². The first kappa shape index (κ1) is 13.2. The van der Waals surface area contributed by atoms with Gasteiger partial charge < -0.3 is 10.3 Å². The van der Waals surface area contributed by atoms with E-state index in [1.807, 2.05) is 19.9 Å². The molecule has 1 aliphatic rings. The van der Waals surface area contributed by atoms with Crippen molar-refractivity contribution in [1.29, 1.82) is 0 Å². The lowest BCUT2D eigenvalue weighted by Gasteiger charge is -2.34. The van der Waals surface area contributed by atoms with E-state index in [1.165, 1.54) is 12.1 Å².